The van der Waals surface area contributed by atoms with Crippen molar-refractivity contribution in [2.24, 2.45) is 5.16 Å². The average Bonchev–Trinajstić information content (AvgIpc) is 3.44. The largest absolute Gasteiger partial charge is 0.387 e. The maximum absolute atomic E-state index is 12.7. The molecule has 2 aliphatic rings. The summed E-state index contributed by atoms with van der Waals surface area (Å²) in [4.78, 5) is 24.1. The normalized spacial score (nSPS) is 22.2. The highest BCUT2D eigenvalue weighted by Gasteiger charge is 2.50. The Morgan fingerprint density at radius 3 is 2.93 bits per heavy atom. The molecule has 4 rings (SSSR count). The summed E-state index contributed by atoms with van der Waals surface area (Å²) >= 11 is 1.19. The molecule has 0 N–H and O–H groups in total. The molecule has 4 heterocycles. The molecule has 1 atom stereocenters. The molecule has 1 saturated heterocycles. The van der Waals surface area contributed by atoms with Gasteiger partial charge in [-0.1, -0.05) is 17.3 Å². The first kappa shape index (κ1) is 19.0. The highest BCUT2D eigenvalue weighted by atomic mass is 32.2. The third-order valence-electron chi connectivity index (χ3n) is 4.93. The Bertz CT molecular complexity index is 992. The number of oxime groups is 1. The van der Waals surface area contributed by atoms with Crippen LogP contribution in [0, 0.1) is 0 Å². The molecule has 148 valence electrons. The SMILES string of the molecule is CN(Cc1ccccn1)C(=O)C1=NOC2(CCN(S(=O)(=O)c3cccs3)C2)C1. The van der Waals surface area contributed by atoms with Gasteiger partial charge in [-0.3, -0.25) is 9.78 Å². The quantitative estimate of drug-likeness (QED) is 0.734. The summed E-state index contributed by atoms with van der Waals surface area (Å²) in [6.45, 7) is 0.906. The van der Waals surface area contributed by atoms with Crippen molar-refractivity contribution in [3.05, 3.63) is 47.6 Å². The number of rotatable bonds is 5. The van der Waals surface area contributed by atoms with Crippen molar-refractivity contribution in [3.63, 3.8) is 0 Å². The predicted molar refractivity (Wildman–Crippen MR) is 104 cm³/mol. The molecular formula is C18H20N4O4S2. The van der Waals surface area contributed by atoms with Crippen molar-refractivity contribution in [1.82, 2.24) is 14.2 Å². The van der Waals surface area contributed by atoms with Crippen molar-refractivity contribution in [1.29, 1.82) is 0 Å². The fraction of sp³-hybridized carbons (Fsp3) is 0.389. The lowest BCUT2D eigenvalue weighted by Gasteiger charge is -2.21. The van der Waals surface area contributed by atoms with Gasteiger partial charge in [-0.25, -0.2) is 8.42 Å². The van der Waals surface area contributed by atoms with E-state index < -0.39 is 15.6 Å². The molecule has 28 heavy (non-hydrogen) atoms. The molecule has 8 nitrogen and oxygen atoms in total. The van der Waals surface area contributed by atoms with Gasteiger partial charge in [0.05, 0.1) is 18.8 Å². The minimum absolute atomic E-state index is 0.192. The first-order valence-electron chi connectivity index (χ1n) is 8.84. The molecule has 0 saturated carbocycles. The second-order valence-corrected chi connectivity index (χ2v) is 10.1. The van der Waals surface area contributed by atoms with Gasteiger partial charge in [0.15, 0.2) is 5.60 Å². The number of thiophene rings is 1. The predicted octanol–water partition coefficient (Wildman–Crippen LogP) is 1.71. The Balaban J connectivity index is 1.40. The highest BCUT2D eigenvalue weighted by Crippen LogP contribution is 2.37. The van der Waals surface area contributed by atoms with Gasteiger partial charge in [0.1, 0.15) is 9.92 Å². The zero-order chi connectivity index (χ0) is 19.8. The number of sulfonamides is 1. The lowest BCUT2D eigenvalue weighted by molar-refractivity contribution is -0.123. The minimum Gasteiger partial charge on any atom is -0.387 e. The third kappa shape index (κ3) is 3.54. The molecular weight excluding hydrogens is 400 g/mol. The molecule has 2 aromatic heterocycles. The van der Waals surface area contributed by atoms with Crippen LogP contribution in [-0.4, -0.2) is 60.0 Å². The van der Waals surface area contributed by atoms with Crippen LogP contribution < -0.4 is 0 Å². The van der Waals surface area contributed by atoms with Gasteiger partial charge in [0.2, 0.25) is 0 Å². The Hall–Kier alpha value is -2.30. The van der Waals surface area contributed by atoms with Gasteiger partial charge < -0.3 is 9.74 Å². The minimum atomic E-state index is -3.54. The standard InChI is InChI=1S/C18H20N4O4S2/c1-21(12-14-5-2-3-8-19-14)17(23)15-11-18(26-20-15)7-9-22(13-18)28(24,25)16-6-4-10-27-16/h2-6,8,10H,7,9,11-13H2,1H3. The van der Waals surface area contributed by atoms with Crippen LogP contribution >= 0.6 is 11.3 Å². The Morgan fingerprint density at radius 1 is 1.36 bits per heavy atom. The molecule has 1 amide bonds. The van der Waals surface area contributed by atoms with Gasteiger partial charge in [-0.15, -0.1) is 11.3 Å². The molecule has 2 aliphatic heterocycles. The Morgan fingerprint density at radius 2 is 2.21 bits per heavy atom. The summed E-state index contributed by atoms with van der Waals surface area (Å²) in [5, 5.41) is 5.74. The summed E-state index contributed by atoms with van der Waals surface area (Å²) in [7, 11) is -1.85. The van der Waals surface area contributed by atoms with Crippen molar-refractivity contribution < 1.29 is 18.0 Å². The zero-order valence-corrected chi connectivity index (χ0v) is 16.9. The fourth-order valence-electron chi connectivity index (χ4n) is 3.43. The average molecular weight is 421 g/mol. The summed E-state index contributed by atoms with van der Waals surface area (Å²) in [5.74, 6) is -0.234. The zero-order valence-electron chi connectivity index (χ0n) is 15.3. The van der Waals surface area contributed by atoms with E-state index in [-0.39, 0.29) is 12.5 Å². The maximum atomic E-state index is 12.7. The van der Waals surface area contributed by atoms with E-state index in [9.17, 15) is 13.2 Å². The maximum Gasteiger partial charge on any atom is 0.271 e. The number of carbonyl (C=O) groups is 1. The van der Waals surface area contributed by atoms with Crippen LogP contribution in [0.2, 0.25) is 0 Å². The van der Waals surface area contributed by atoms with Crippen LogP contribution in [0.25, 0.3) is 0 Å². The van der Waals surface area contributed by atoms with Gasteiger partial charge in [-0.2, -0.15) is 4.31 Å². The number of hydrogen-bond acceptors (Lipinski definition) is 7. The Kier molecular flexibility index (Phi) is 4.94. The first-order valence-corrected chi connectivity index (χ1v) is 11.2. The second kappa shape index (κ2) is 7.26. The van der Waals surface area contributed by atoms with Crippen LogP contribution in [0.4, 0.5) is 0 Å². The van der Waals surface area contributed by atoms with Crippen molar-refractivity contribution in [2.75, 3.05) is 20.1 Å². The van der Waals surface area contributed by atoms with Gasteiger partial charge >= 0.3 is 0 Å². The Labute approximate surface area is 167 Å². The van der Waals surface area contributed by atoms with Gasteiger partial charge in [0.25, 0.3) is 15.9 Å². The number of pyridine rings is 1. The van der Waals surface area contributed by atoms with E-state index >= 15 is 0 Å². The van der Waals surface area contributed by atoms with Gasteiger partial charge in [-0.05, 0) is 23.6 Å². The number of hydrogen-bond donors (Lipinski definition) is 0. The van der Waals surface area contributed by atoms with E-state index in [1.807, 2.05) is 18.2 Å². The van der Waals surface area contributed by atoms with E-state index in [4.69, 9.17) is 4.84 Å². The second-order valence-electron chi connectivity index (χ2n) is 6.99. The summed E-state index contributed by atoms with van der Waals surface area (Å²) < 4.78 is 27.2. The molecule has 0 radical (unpaired) electrons. The van der Waals surface area contributed by atoms with Crippen LogP contribution in [0.5, 0.6) is 0 Å². The summed E-state index contributed by atoms with van der Waals surface area (Å²) in [6.07, 6.45) is 2.48. The first-order chi connectivity index (χ1) is 13.4. The molecule has 1 fully saturated rings. The lowest BCUT2D eigenvalue weighted by atomic mass is 9.96. The number of amides is 1. The van der Waals surface area contributed by atoms with E-state index in [0.717, 1.165) is 5.69 Å². The molecule has 0 aromatic carbocycles. The van der Waals surface area contributed by atoms with Crippen LogP contribution in [0.3, 0.4) is 0 Å². The van der Waals surface area contributed by atoms with Crippen molar-refractivity contribution in [2.45, 2.75) is 29.2 Å². The number of nitrogens with zero attached hydrogens (tertiary/aromatic N) is 4. The number of carbonyl (C=O) groups excluding carboxylic acids is 1. The van der Waals surface area contributed by atoms with Crippen LogP contribution in [-0.2, 0) is 26.2 Å². The molecule has 2 aromatic rings. The summed E-state index contributed by atoms with van der Waals surface area (Å²) in [5.41, 5.74) is 0.330. The smallest absolute Gasteiger partial charge is 0.271 e. The topological polar surface area (TPSA) is 92.2 Å². The van der Waals surface area contributed by atoms with Crippen LogP contribution in [0.15, 0.2) is 51.3 Å². The van der Waals surface area contributed by atoms with E-state index in [2.05, 4.69) is 10.1 Å². The van der Waals surface area contributed by atoms with E-state index in [0.29, 0.717) is 35.9 Å². The summed E-state index contributed by atoms with van der Waals surface area (Å²) in [6, 6.07) is 8.85. The highest BCUT2D eigenvalue weighted by molar-refractivity contribution is 7.91. The monoisotopic (exact) mass is 420 g/mol. The fourth-order valence-corrected chi connectivity index (χ4v) is 6.09. The lowest BCUT2D eigenvalue weighted by Crippen LogP contribution is -2.38. The third-order valence-corrected chi connectivity index (χ3v) is 8.15. The number of aromatic nitrogens is 1. The molecule has 1 unspecified atom stereocenters. The van der Waals surface area contributed by atoms with Crippen molar-refractivity contribution >= 4 is 33.0 Å². The molecule has 1 spiro atoms. The molecule has 0 aliphatic carbocycles. The van der Waals surface area contributed by atoms with Crippen molar-refractivity contribution in [3.8, 4) is 0 Å². The van der Waals surface area contributed by atoms with E-state index in [1.165, 1.54) is 15.6 Å². The van der Waals surface area contributed by atoms with Crippen LogP contribution in [0.1, 0.15) is 18.5 Å². The van der Waals surface area contributed by atoms with Gasteiger partial charge in [0, 0.05) is 32.6 Å². The van der Waals surface area contributed by atoms with E-state index in [1.54, 1.807) is 35.7 Å². The molecule has 0 bridgehead atoms. The molecule has 10 heteroatoms.